The van der Waals surface area contributed by atoms with Crippen LogP contribution in [0.15, 0.2) is 23.2 Å². The fourth-order valence-electron chi connectivity index (χ4n) is 1.57. The Hall–Kier alpha value is -1.47. The van der Waals surface area contributed by atoms with Crippen molar-refractivity contribution in [3.05, 3.63) is 29.3 Å². The van der Waals surface area contributed by atoms with Crippen molar-refractivity contribution in [2.75, 3.05) is 6.26 Å². The Kier molecular flexibility index (Phi) is 5.05. The Morgan fingerprint density at radius 3 is 2.71 bits per heavy atom. The summed E-state index contributed by atoms with van der Waals surface area (Å²) in [5.41, 5.74) is 3.30. The van der Waals surface area contributed by atoms with Crippen LogP contribution in [0, 0.1) is 18.4 Å². The van der Waals surface area contributed by atoms with Gasteiger partial charge in [0.25, 0.3) is 0 Å². The van der Waals surface area contributed by atoms with Gasteiger partial charge in [0.2, 0.25) is 0 Å². The average Bonchev–Trinajstić information content (AvgIpc) is 2.30. The van der Waals surface area contributed by atoms with Crippen molar-refractivity contribution in [2.24, 2.45) is 4.99 Å². The van der Waals surface area contributed by atoms with E-state index in [9.17, 15) is 0 Å². The standard InChI is InChI=1S/C13H17N3S/c1-9(2)11-7-5-6-10(3)12(11)16-13(17-4)15-8-14/h5-7,9H,1-4H3,(H,15,16). The number of hydrogen-bond acceptors (Lipinski definition) is 3. The van der Waals surface area contributed by atoms with Gasteiger partial charge < -0.3 is 0 Å². The van der Waals surface area contributed by atoms with Gasteiger partial charge in [-0.3, -0.25) is 5.32 Å². The number of nitriles is 1. The highest BCUT2D eigenvalue weighted by atomic mass is 32.2. The first-order valence-electron chi connectivity index (χ1n) is 5.47. The van der Waals surface area contributed by atoms with Gasteiger partial charge in [-0.1, -0.05) is 43.8 Å². The molecule has 4 heteroatoms. The van der Waals surface area contributed by atoms with Crippen LogP contribution in [0.25, 0.3) is 0 Å². The van der Waals surface area contributed by atoms with E-state index < -0.39 is 0 Å². The van der Waals surface area contributed by atoms with E-state index in [0.717, 1.165) is 11.3 Å². The zero-order valence-corrected chi connectivity index (χ0v) is 11.4. The third-order valence-electron chi connectivity index (χ3n) is 2.46. The number of benzene rings is 1. The summed E-state index contributed by atoms with van der Waals surface area (Å²) in [7, 11) is 0. The third kappa shape index (κ3) is 3.50. The summed E-state index contributed by atoms with van der Waals surface area (Å²) < 4.78 is 0. The summed E-state index contributed by atoms with van der Waals surface area (Å²) in [5.74, 6) is 0.416. The third-order valence-corrected chi connectivity index (χ3v) is 3.04. The minimum Gasteiger partial charge on any atom is -0.271 e. The van der Waals surface area contributed by atoms with E-state index in [-0.39, 0.29) is 0 Å². The fraction of sp³-hybridized carbons (Fsp3) is 0.385. The second-order valence-corrected chi connectivity index (χ2v) is 4.82. The summed E-state index contributed by atoms with van der Waals surface area (Å²) in [6, 6.07) is 6.16. The Bertz CT molecular complexity index is 458. The molecule has 17 heavy (non-hydrogen) atoms. The molecule has 0 unspecified atom stereocenters. The number of aryl methyl sites for hydroxylation is 1. The molecule has 0 spiro atoms. The number of para-hydroxylation sites is 1. The van der Waals surface area contributed by atoms with E-state index in [1.807, 2.05) is 31.5 Å². The molecule has 0 aliphatic heterocycles. The first-order valence-corrected chi connectivity index (χ1v) is 6.70. The molecule has 0 bridgehead atoms. The Balaban J connectivity index is 3.25. The molecule has 0 saturated heterocycles. The molecule has 0 aromatic heterocycles. The van der Waals surface area contributed by atoms with E-state index in [0.29, 0.717) is 11.1 Å². The van der Waals surface area contributed by atoms with Crippen LogP contribution >= 0.6 is 11.8 Å². The first-order chi connectivity index (χ1) is 8.10. The van der Waals surface area contributed by atoms with Gasteiger partial charge >= 0.3 is 0 Å². The van der Waals surface area contributed by atoms with Crippen LogP contribution in [0.4, 0.5) is 5.69 Å². The predicted octanol–water partition coefficient (Wildman–Crippen LogP) is 3.54. The van der Waals surface area contributed by atoms with Crippen molar-refractivity contribution < 1.29 is 0 Å². The van der Waals surface area contributed by atoms with Gasteiger partial charge in [0.1, 0.15) is 0 Å². The lowest BCUT2D eigenvalue weighted by atomic mass is 9.98. The molecule has 0 radical (unpaired) electrons. The van der Waals surface area contributed by atoms with Crippen molar-refractivity contribution in [3.63, 3.8) is 0 Å². The summed E-state index contributed by atoms with van der Waals surface area (Å²) in [6.45, 7) is 6.32. The second-order valence-electron chi connectivity index (χ2n) is 4.03. The van der Waals surface area contributed by atoms with Gasteiger partial charge in [-0.05, 0) is 30.2 Å². The molecule has 1 N–H and O–H groups in total. The van der Waals surface area contributed by atoms with Gasteiger partial charge in [0, 0.05) is 0 Å². The lowest BCUT2D eigenvalue weighted by Crippen LogP contribution is -2.12. The number of nitrogens with one attached hydrogen (secondary N) is 1. The second kappa shape index (κ2) is 6.31. The lowest BCUT2D eigenvalue weighted by Gasteiger charge is -2.12. The number of hydrogen-bond donors (Lipinski definition) is 1. The molecule has 1 aromatic carbocycles. The summed E-state index contributed by atoms with van der Waals surface area (Å²) in [5, 5.41) is 11.9. The maximum atomic E-state index is 8.64. The summed E-state index contributed by atoms with van der Waals surface area (Å²) in [6.07, 6.45) is 3.80. The van der Waals surface area contributed by atoms with Crippen LogP contribution in [0.1, 0.15) is 30.9 Å². The van der Waals surface area contributed by atoms with E-state index in [4.69, 9.17) is 5.26 Å². The smallest absolute Gasteiger partial charge is 0.183 e. The normalized spacial score (nSPS) is 11.4. The molecule has 0 amide bonds. The van der Waals surface area contributed by atoms with Gasteiger partial charge in [0.05, 0.1) is 5.69 Å². The molecule has 0 aliphatic carbocycles. The van der Waals surface area contributed by atoms with Gasteiger partial charge in [-0.2, -0.15) is 5.26 Å². The SMILES string of the molecule is CSC(=Nc1c(C)cccc1C(C)C)NC#N. The van der Waals surface area contributed by atoms with Crippen LogP contribution in [0.3, 0.4) is 0 Å². The van der Waals surface area contributed by atoms with E-state index >= 15 is 0 Å². The maximum Gasteiger partial charge on any atom is 0.183 e. The van der Waals surface area contributed by atoms with Crippen molar-refractivity contribution in [3.8, 4) is 6.19 Å². The Morgan fingerprint density at radius 1 is 1.47 bits per heavy atom. The number of aliphatic imine (C=N–C) groups is 1. The van der Waals surface area contributed by atoms with Crippen molar-refractivity contribution in [2.45, 2.75) is 26.7 Å². The molecule has 0 fully saturated rings. The van der Waals surface area contributed by atoms with Gasteiger partial charge in [0.15, 0.2) is 11.4 Å². The highest BCUT2D eigenvalue weighted by Crippen LogP contribution is 2.30. The minimum atomic E-state index is 0.416. The lowest BCUT2D eigenvalue weighted by molar-refractivity contribution is 0.865. The number of amidine groups is 1. The van der Waals surface area contributed by atoms with E-state index in [1.54, 1.807) is 0 Å². The molecule has 1 rings (SSSR count). The minimum absolute atomic E-state index is 0.416. The van der Waals surface area contributed by atoms with Crippen molar-refractivity contribution in [1.29, 1.82) is 5.26 Å². The first kappa shape index (κ1) is 13.6. The van der Waals surface area contributed by atoms with Crippen molar-refractivity contribution in [1.82, 2.24) is 5.32 Å². The zero-order chi connectivity index (χ0) is 12.8. The largest absolute Gasteiger partial charge is 0.271 e. The number of rotatable bonds is 2. The monoisotopic (exact) mass is 247 g/mol. The van der Waals surface area contributed by atoms with E-state index in [1.165, 1.54) is 17.3 Å². The van der Waals surface area contributed by atoms with Crippen LogP contribution in [0.2, 0.25) is 0 Å². The molecule has 0 heterocycles. The molecule has 1 aromatic rings. The van der Waals surface area contributed by atoms with Crippen LogP contribution in [-0.4, -0.2) is 11.4 Å². The molecular formula is C13H17N3S. The summed E-state index contributed by atoms with van der Waals surface area (Å²) >= 11 is 1.43. The average molecular weight is 247 g/mol. The molecule has 0 atom stereocenters. The highest BCUT2D eigenvalue weighted by Gasteiger charge is 2.09. The topological polar surface area (TPSA) is 48.2 Å². The highest BCUT2D eigenvalue weighted by molar-refractivity contribution is 8.13. The fourth-order valence-corrected chi connectivity index (χ4v) is 1.90. The van der Waals surface area contributed by atoms with Crippen LogP contribution < -0.4 is 5.32 Å². The van der Waals surface area contributed by atoms with Crippen LogP contribution in [0.5, 0.6) is 0 Å². The quantitative estimate of drug-likeness (QED) is 0.376. The van der Waals surface area contributed by atoms with Gasteiger partial charge in [-0.15, -0.1) is 0 Å². The van der Waals surface area contributed by atoms with Crippen molar-refractivity contribution >= 4 is 22.6 Å². The molecular weight excluding hydrogens is 230 g/mol. The Morgan fingerprint density at radius 2 is 2.18 bits per heavy atom. The Labute approximate surface area is 107 Å². The summed E-state index contributed by atoms with van der Waals surface area (Å²) in [4.78, 5) is 4.53. The zero-order valence-electron chi connectivity index (χ0n) is 10.6. The number of nitrogens with zero attached hydrogens (tertiary/aromatic N) is 2. The molecule has 0 saturated carbocycles. The molecule has 90 valence electrons. The predicted molar refractivity (Wildman–Crippen MR) is 74.6 cm³/mol. The number of thioether (sulfide) groups is 1. The van der Waals surface area contributed by atoms with E-state index in [2.05, 4.69) is 30.2 Å². The van der Waals surface area contributed by atoms with Crippen LogP contribution in [-0.2, 0) is 0 Å². The van der Waals surface area contributed by atoms with Gasteiger partial charge in [-0.25, -0.2) is 4.99 Å². The molecule has 3 nitrogen and oxygen atoms in total. The molecule has 0 aliphatic rings. The maximum absolute atomic E-state index is 8.64.